The Kier molecular flexibility index (Phi) is 4.76. The van der Waals surface area contributed by atoms with Gasteiger partial charge in [0.25, 0.3) is 0 Å². The molecular weight excluding hydrogens is 376 g/mol. The molecule has 0 amide bonds. The first-order chi connectivity index (χ1) is 13.1. The molecule has 148 valence electrons. The van der Waals surface area contributed by atoms with E-state index in [4.69, 9.17) is 15.2 Å². The maximum absolute atomic E-state index is 11.3. The Balaban J connectivity index is 0.00000192. The number of pyridine rings is 1. The maximum Gasteiger partial charge on any atom is 0.161 e. The minimum absolute atomic E-state index is 0. The van der Waals surface area contributed by atoms with Crippen molar-refractivity contribution in [3.05, 3.63) is 35.5 Å². The molecule has 6 heteroatoms. The summed E-state index contributed by atoms with van der Waals surface area (Å²) in [7, 11) is 3.29. The van der Waals surface area contributed by atoms with Crippen LogP contribution in [0.25, 0.3) is 21.7 Å². The SMILES string of the molecule is COc1cc2c3c(c4ncc(N)cc4c2cc1OC)[C@@H](O)[C@H]1CCCC1C3.Cl. The number of aliphatic hydroxyl groups excluding tert-OH is 1. The molecule has 1 aromatic heterocycles. The zero-order valence-electron chi connectivity index (χ0n) is 16.1. The Hall–Kier alpha value is -2.24. The molecule has 0 spiro atoms. The molecule has 0 aliphatic heterocycles. The van der Waals surface area contributed by atoms with Crippen molar-refractivity contribution in [2.75, 3.05) is 20.0 Å². The number of aliphatic hydroxyl groups is 1. The second kappa shape index (κ2) is 6.98. The topological polar surface area (TPSA) is 77.6 Å². The molecule has 1 unspecified atom stereocenters. The highest BCUT2D eigenvalue weighted by Gasteiger charge is 2.40. The molecule has 1 heterocycles. The van der Waals surface area contributed by atoms with Crippen LogP contribution in [0.3, 0.4) is 0 Å². The van der Waals surface area contributed by atoms with E-state index in [0.29, 0.717) is 29.0 Å². The van der Waals surface area contributed by atoms with Crippen molar-refractivity contribution in [3.63, 3.8) is 0 Å². The van der Waals surface area contributed by atoms with Crippen LogP contribution >= 0.6 is 12.4 Å². The van der Waals surface area contributed by atoms with Gasteiger partial charge >= 0.3 is 0 Å². The monoisotopic (exact) mass is 400 g/mol. The molecule has 2 aliphatic rings. The second-order valence-electron chi connectivity index (χ2n) is 7.81. The number of fused-ring (bicyclic) bond motifs is 7. The van der Waals surface area contributed by atoms with Gasteiger partial charge in [-0.2, -0.15) is 0 Å². The van der Waals surface area contributed by atoms with Crippen LogP contribution in [0.4, 0.5) is 5.69 Å². The molecule has 28 heavy (non-hydrogen) atoms. The zero-order valence-corrected chi connectivity index (χ0v) is 16.9. The van der Waals surface area contributed by atoms with E-state index < -0.39 is 6.10 Å². The number of nitrogens with zero attached hydrogens (tertiary/aromatic N) is 1. The third-order valence-corrected chi connectivity index (χ3v) is 6.51. The van der Waals surface area contributed by atoms with Gasteiger partial charge in [-0.05, 0) is 65.6 Å². The van der Waals surface area contributed by atoms with Crippen LogP contribution < -0.4 is 15.2 Å². The Bertz CT molecular complexity index is 1070. The van der Waals surface area contributed by atoms with Gasteiger partial charge in [-0.25, -0.2) is 0 Å². The molecule has 1 fully saturated rings. The Morgan fingerprint density at radius 2 is 1.75 bits per heavy atom. The molecule has 5 nitrogen and oxygen atoms in total. The number of nitrogens with two attached hydrogens (primary N) is 1. The molecule has 3 aromatic rings. The first-order valence-corrected chi connectivity index (χ1v) is 9.56. The summed E-state index contributed by atoms with van der Waals surface area (Å²) in [6, 6.07) is 5.99. The fourth-order valence-corrected chi connectivity index (χ4v) is 5.29. The summed E-state index contributed by atoms with van der Waals surface area (Å²) >= 11 is 0. The average molecular weight is 401 g/mol. The smallest absolute Gasteiger partial charge is 0.161 e. The predicted molar refractivity (Wildman–Crippen MR) is 114 cm³/mol. The summed E-state index contributed by atoms with van der Waals surface area (Å²) in [6.45, 7) is 0. The van der Waals surface area contributed by atoms with E-state index in [2.05, 4.69) is 4.98 Å². The lowest BCUT2D eigenvalue weighted by atomic mass is 9.73. The first-order valence-electron chi connectivity index (χ1n) is 9.56. The van der Waals surface area contributed by atoms with Gasteiger partial charge in [-0.15, -0.1) is 12.4 Å². The van der Waals surface area contributed by atoms with Crippen molar-refractivity contribution in [3.8, 4) is 11.5 Å². The summed E-state index contributed by atoms with van der Waals surface area (Å²) in [5.74, 6) is 2.25. The van der Waals surface area contributed by atoms with Crippen molar-refractivity contribution in [1.82, 2.24) is 4.98 Å². The van der Waals surface area contributed by atoms with Gasteiger partial charge in [0.05, 0.1) is 37.7 Å². The molecule has 0 saturated heterocycles. The molecule has 0 radical (unpaired) electrons. The summed E-state index contributed by atoms with van der Waals surface area (Å²) in [5.41, 5.74) is 9.71. The van der Waals surface area contributed by atoms with Gasteiger partial charge in [0.1, 0.15) is 0 Å². The highest BCUT2D eigenvalue weighted by atomic mass is 35.5. The van der Waals surface area contributed by atoms with Crippen LogP contribution in [-0.4, -0.2) is 24.3 Å². The molecular formula is C22H25ClN2O3. The van der Waals surface area contributed by atoms with Crippen LogP contribution in [0.1, 0.15) is 36.5 Å². The van der Waals surface area contributed by atoms with Crippen LogP contribution in [0.15, 0.2) is 24.4 Å². The fourth-order valence-electron chi connectivity index (χ4n) is 5.29. The van der Waals surface area contributed by atoms with Gasteiger partial charge in [-0.1, -0.05) is 6.42 Å². The van der Waals surface area contributed by atoms with Gasteiger partial charge < -0.3 is 20.3 Å². The van der Waals surface area contributed by atoms with Gasteiger partial charge in [0.2, 0.25) is 0 Å². The minimum Gasteiger partial charge on any atom is -0.493 e. The third kappa shape index (κ3) is 2.60. The fraction of sp³-hybridized carbons (Fsp3) is 0.409. The van der Waals surface area contributed by atoms with E-state index in [1.165, 1.54) is 18.4 Å². The van der Waals surface area contributed by atoms with Crippen LogP contribution in [0, 0.1) is 11.8 Å². The van der Waals surface area contributed by atoms with Crippen LogP contribution in [0.2, 0.25) is 0 Å². The molecule has 1 saturated carbocycles. The van der Waals surface area contributed by atoms with Crippen molar-refractivity contribution < 1.29 is 14.6 Å². The number of hydrogen-bond acceptors (Lipinski definition) is 5. The number of aromatic nitrogens is 1. The van der Waals surface area contributed by atoms with E-state index in [1.54, 1.807) is 20.4 Å². The van der Waals surface area contributed by atoms with Gasteiger partial charge in [-0.3, -0.25) is 4.98 Å². The summed E-state index contributed by atoms with van der Waals surface area (Å²) in [5, 5.41) is 14.4. The molecule has 3 atom stereocenters. The largest absolute Gasteiger partial charge is 0.493 e. The second-order valence-corrected chi connectivity index (χ2v) is 7.81. The van der Waals surface area contributed by atoms with Crippen LogP contribution in [0.5, 0.6) is 11.5 Å². The van der Waals surface area contributed by atoms with E-state index in [-0.39, 0.29) is 12.4 Å². The van der Waals surface area contributed by atoms with E-state index >= 15 is 0 Å². The highest BCUT2D eigenvalue weighted by Crippen LogP contribution is 2.51. The maximum atomic E-state index is 11.3. The van der Waals surface area contributed by atoms with Crippen LogP contribution in [-0.2, 0) is 6.42 Å². The number of rotatable bonds is 2. The number of hydrogen-bond donors (Lipinski definition) is 2. The van der Waals surface area contributed by atoms with Crippen molar-refractivity contribution in [2.24, 2.45) is 11.8 Å². The van der Waals surface area contributed by atoms with Gasteiger partial charge in [0.15, 0.2) is 11.5 Å². The molecule has 3 N–H and O–H groups in total. The molecule has 2 aromatic carbocycles. The molecule has 2 aliphatic carbocycles. The third-order valence-electron chi connectivity index (χ3n) is 6.51. The van der Waals surface area contributed by atoms with Crippen molar-refractivity contribution in [1.29, 1.82) is 0 Å². The Morgan fingerprint density at radius 1 is 1.04 bits per heavy atom. The Morgan fingerprint density at radius 3 is 2.46 bits per heavy atom. The van der Waals surface area contributed by atoms with Gasteiger partial charge in [0, 0.05) is 10.9 Å². The normalized spacial score (nSPS) is 23.2. The average Bonchev–Trinajstić information content (AvgIpc) is 3.16. The number of halogens is 1. The van der Waals surface area contributed by atoms with Crippen molar-refractivity contribution in [2.45, 2.75) is 31.8 Å². The predicted octanol–water partition coefficient (Wildman–Crippen LogP) is 4.42. The van der Waals surface area contributed by atoms with Crippen molar-refractivity contribution >= 4 is 39.8 Å². The Labute approximate surface area is 170 Å². The summed E-state index contributed by atoms with van der Waals surface area (Å²) < 4.78 is 11.1. The molecule has 5 rings (SSSR count). The number of anilines is 1. The number of methoxy groups -OCH3 is 2. The number of nitrogen functional groups attached to an aromatic ring is 1. The van der Waals surface area contributed by atoms with E-state index in [9.17, 15) is 5.11 Å². The lowest BCUT2D eigenvalue weighted by Gasteiger charge is -2.34. The standard InChI is InChI=1S/C22H24N2O3.ClH/c1-26-18-8-14-15(9-19(18)27-2)17-7-12(23)10-24-21(17)20-16(14)6-11-4-3-5-13(11)22(20)25;/h7-11,13,22,25H,3-6,23H2,1-2H3;1H/t11?,13-,22-;/m0./s1. The quantitative estimate of drug-likeness (QED) is 0.623. The number of benzene rings is 2. The summed E-state index contributed by atoms with van der Waals surface area (Å²) in [4.78, 5) is 4.65. The molecule has 0 bridgehead atoms. The number of ether oxygens (including phenoxy) is 2. The lowest BCUT2D eigenvalue weighted by molar-refractivity contribution is 0.0758. The van der Waals surface area contributed by atoms with E-state index in [1.807, 2.05) is 18.2 Å². The summed E-state index contributed by atoms with van der Waals surface area (Å²) in [6.07, 6.45) is 5.65. The zero-order chi connectivity index (χ0) is 18.7. The minimum atomic E-state index is -0.475. The first kappa shape index (κ1) is 19.1. The highest BCUT2D eigenvalue weighted by molar-refractivity contribution is 6.11. The van der Waals surface area contributed by atoms with E-state index in [0.717, 1.165) is 40.1 Å². The lowest BCUT2D eigenvalue weighted by Crippen LogP contribution is -2.26.